The van der Waals surface area contributed by atoms with Crippen LogP contribution in [0.25, 0.3) is 0 Å². The molecule has 1 rings (SSSR count). The van der Waals surface area contributed by atoms with Crippen molar-refractivity contribution < 1.29 is 4.42 Å². The number of hydrogen-bond acceptors (Lipinski definition) is 3. The minimum atomic E-state index is -0.236. The lowest BCUT2D eigenvalue weighted by Gasteiger charge is -1.90. The Morgan fingerprint density at radius 2 is 2.67 bits per heavy atom. The normalized spacial score (nSPS) is 12.4. The highest BCUT2D eigenvalue weighted by Crippen LogP contribution is 2.09. The standard InChI is InChI=1S/C6H6N2O/c1-5(4-7)6-8-2-3-9-6/h2-3,5H,1H3. The van der Waals surface area contributed by atoms with Crippen LogP contribution in [0.5, 0.6) is 0 Å². The third kappa shape index (κ3) is 1.08. The van der Waals surface area contributed by atoms with Gasteiger partial charge in [0.05, 0.1) is 12.3 Å². The highest BCUT2D eigenvalue weighted by Gasteiger charge is 2.06. The largest absolute Gasteiger partial charge is 0.448 e. The van der Waals surface area contributed by atoms with Gasteiger partial charge in [-0.2, -0.15) is 5.26 Å². The molecule has 1 aromatic heterocycles. The predicted octanol–water partition coefficient (Wildman–Crippen LogP) is 1.30. The maximum absolute atomic E-state index is 8.36. The molecule has 1 aromatic rings. The van der Waals surface area contributed by atoms with Crippen molar-refractivity contribution in [2.45, 2.75) is 12.8 Å². The summed E-state index contributed by atoms with van der Waals surface area (Å²) in [5.74, 6) is 0.248. The number of hydrogen-bond donors (Lipinski definition) is 0. The molecule has 0 aromatic carbocycles. The lowest BCUT2D eigenvalue weighted by molar-refractivity contribution is 0.487. The van der Waals surface area contributed by atoms with E-state index in [1.165, 1.54) is 12.5 Å². The van der Waals surface area contributed by atoms with Gasteiger partial charge in [0.1, 0.15) is 12.2 Å². The van der Waals surface area contributed by atoms with Crippen LogP contribution in [0, 0.1) is 11.3 Å². The summed E-state index contributed by atoms with van der Waals surface area (Å²) in [6.45, 7) is 1.74. The summed E-state index contributed by atoms with van der Waals surface area (Å²) >= 11 is 0. The second-order valence-corrected chi connectivity index (χ2v) is 1.72. The van der Waals surface area contributed by atoms with Gasteiger partial charge < -0.3 is 4.42 Å². The van der Waals surface area contributed by atoms with Crippen LogP contribution in [0.15, 0.2) is 16.9 Å². The summed E-state index contributed by atoms with van der Waals surface area (Å²) in [5.41, 5.74) is 0. The molecule has 0 fully saturated rings. The van der Waals surface area contributed by atoms with E-state index in [1.807, 2.05) is 6.07 Å². The SMILES string of the molecule is CC(C#N)c1ncco1. The molecule has 0 saturated carbocycles. The van der Waals surface area contributed by atoms with Crippen molar-refractivity contribution >= 4 is 0 Å². The monoisotopic (exact) mass is 122 g/mol. The summed E-state index contributed by atoms with van der Waals surface area (Å²) in [7, 11) is 0. The topological polar surface area (TPSA) is 49.8 Å². The maximum Gasteiger partial charge on any atom is 0.210 e. The van der Waals surface area contributed by atoms with Gasteiger partial charge in [-0.25, -0.2) is 4.98 Å². The molecule has 46 valence electrons. The summed E-state index contributed by atoms with van der Waals surface area (Å²) in [6, 6.07) is 2.01. The second kappa shape index (κ2) is 2.31. The number of aromatic nitrogens is 1. The first-order valence-corrected chi connectivity index (χ1v) is 2.63. The zero-order valence-electron chi connectivity index (χ0n) is 5.03. The van der Waals surface area contributed by atoms with Crippen LogP contribution in [-0.4, -0.2) is 4.98 Å². The summed E-state index contributed by atoms with van der Waals surface area (Å²) < 4.78 is 4.85. The Bertz CT molecular complexity index is 209. The van der Waals surface area contributed by atoms with Crippen LogP contribution in [0.3, 0.4) is 0 Å². The number of rotatable bonds is 1. The van der Waals surface area contributed by atoms with Crippen molar-refractivity contribution in [2.24, 2.45) is 0 Å². The Morgan fingerprint density at radius 3 is 3.11 bits per heavy atom. The molecule has 3 heteroatoms. The molecule has 9 heavy (non-hydrogen) atoms. The first kappa shape index (κ1) is 5.83. The average Bonchev–Trinajstić information content (AvgIpc) is 2.37. The molecule has 0 amide bonds. The van der Waals surface area contributed by atoms with Crippen LogP contribution in [-0.2, 0) is 0 Å². The van der Waals surface area contributed by atoms with E-state index in [9.17, 15) is 0 Å². The minimum Gasteiger partial charge on any atom is -0.448 e. The second-order valence-electron chi connectivity index (χ2n) is 1.72. The molecule has 0 aliphatic rings. The molecular weight excluding hydrogens is 116 g/mol. The molecule has 3 nitrogen and oxygen atoms in total. The van der Waals surface area contributed by atoms with Gasteiger partial charge in [0.25, 0.3) is 0 Å². The van der Waals surface area contributed by atoms with Gasteiger partial charge >= 0.3 is 0 Å². The lowest BCUT2D eigenvalue weighted by atomic mass is 10.2. The summed E-state index contributed by atoms with van der Waals surface area (Å²) in [6.07, 6.45) is 2.99. The number of nitriles is 1. The fourth-order valence-corrected chi connectivity index (χ4v) is 0.504. The molecule has 0 aliphatic carbocycles. The molecule has 1 atom stereocenters. The van der Waals surface area contributed by atoms with Gasteiger partial charge in [0.2, 0.25) is 5.89 Å². The van der Waals surface area contributed by atoms with Crippen LogP contribution in [0.4, 0.5) is 0 Å². The van der Waals surface area contributed by atoms with Gasteiger partial charge in [0.15, 0.2) is 0 Å². The summed E-state index contributed by atoms with van der Waals surface area (Å²) in [4.78, 5) is 3.80. The molecule has 0 saturated heterocycles. The number of oxazole rings is 1. The van der Waals surface area contributed by atoms with E-state index in [0.29, 0.717) is 5.89 Å². The van der Waals surface area contributed by atoms with Crippen molar-refractivity contribution in [3.8, 4) is 6.07 Å². The van der Waals surface area contributed by atoms with Gasteiger partial charge in [0, 0.05) is 0 Å². The van der Waals surface area contributed by atoms with E-state index in [0.717, 1.165) is 0 Å². The van der Waals surface area contributed by atoms with E-state index in [2.05, 4.69) is 4.98 Å². The molecule has 0 radical (unpaired) electrons. The molecule has 0 spiro atoms. The van der Waals surface area contributed by atoms with Crippen molar-refractivity contribution in [3.05, 3.63) is 18.4 Å². The van der Waals surface area contributed by atoms with Gasteiger partial charge in [-0.3, -0.25) is 0 Å². The highest BCUT2D eigenvalue weighted by atomic mass is 16.3. The van der Waals surface area contributed by atoms with Crippen LogP contribution >= 0.6 is 0 Å². The molecular formula is C6H6N2O. The van der Waals surface area contributed by atoms with E-state index < -0.39 is 0 Å². The highest BCUT2D eigenvalue weighted by molar-refractivity contribution is 5.01. The van der Waals surface area contributed by atoms with Gasteiger partial charge in [-0.05, 0) is 6.92 Å². The van der Waals surface area contributed by atoms with Crippen LogP contribution < -0.4 is 0 Å². The van der Waals surface area contributed by atoms with Crippen LogP contribution in [0.1, 0.15) is 18.7 Å². The Labute approximate surface area is 52.9 Å². The van der Waals surface area contributed by atoms with E-state index in [1.54, 1.807) is 6.92 Å². The fraction of sp³-hybridized carbons (Fsp3) is 0.333. The smallest absolute Gasteiger partial charge is 0.210 e. The molecule has 1 unspecified atom stereocenters. The Balaban J connectivity index is 2.80. The molecule has 0 bridgehead atoms. The average molecular weight is 122 g/mol. The minimum absolute atomic E-state index is 0.236. The Kier molecular flexibility index (Phi) is 1.50. The first-order valence-electron chi connectivity index (χ1n) is 2.63. The fourth-order valence-electron chi connectivity index (χ4n) is 0.504. The van der Waals surface area contributed by atoms with E-state index in [4.69, 9.17) is 9.68 Å². The van der Waals surface area contributed by atoms with Crippen molar-refractivity contribution in [1.82, 2.24) is 4.98 Å². The van der Waals surface area contributed by atoms with E-state index in [-0.39, 0.29) is 5.92 Å². The van der Waals surface area contributed by atoms with Gasteiger partial charge in [-0.15, -0.1) is 0 Å². The maximum atomic E-state index is 8.36. The van der Waals surface area contributed by atoms with Crippen LogP contribution in [0.2, 0.25) is 0 Å². The third-order valence-corrected chi connectivity index (χ3v) is 1.02. The zero-order valence-corrected chi connectivity index (χ0v) is 5.03. The van der Waals surface area contributed by atoms with Gasteiger partial charge in [-0.1, -0.05) is 0 Å². The quantitative estimate of drug-likeness (QED) is 0.564. The Morgan fingerprint density at radius 1 is 1.89 bits per heavy atom. The number of nitrogens with zero attached hydrogens (tertiary/aromatic N) is 2. The summed E-state index contributed by atoms with van der Waals surface area (Å²) in [5, 5.41) is 8.36. The molecule has 1 heterocycles. The first-order chi connectivity index (χ1) is 4.34. The predicted molar refractivity (Wildman–Crippen MR) is 30.5 cm³/mol. The lowest BCUT2D eigenvalue weighted by Crippen LogP contribution is -1.87. The Hall–Kier alpha value is -1.30. The van der Waals surface area contributed by atoms with Crippen molar-refractivity contribution in [1.29, 1.82) is 5.26 Å². The van der Waals surface area contributed by atoms with Crippen molar-refractivity contribution in [2.75, 3.05) is 0 Å². The van der Waals surface area contributed by atoms with Crippen molar-refractivity contribution in [3.63, 3.8) is 0 Å². The molecule has 0 aliphatic heterocycles. The van der Waals surface area contributed by atoms with E-state index >= 15 is 0 Å². The third-order valence-electron chi connectivity index (χ3n) is 1.02. The zero-order chi connectivity index (χ0) is 6.69. The molecule has 0 N–H and O–H groups in total.